The molecule has 1 unspecified atom stereocenters. The Morgan fingerprint density at radius 3 is 1.26 bits per heavy atom. The first-order valence-electron chi connectivity index (χ1n) is 8.54. The van der Waals surface area contributed by atoms with Gasteiger partial charge in [0.1, 0.15) is 11.3 Å². The Balaban J connectivity index is 0.000000326. The normalized spacial score (nSPS) is 11.4. The molecule has 188 valence electrons. The minimum absolute atomic E-state index is 0.144. The highest BCUT2D eigenvalue weighted by atomic mass is 19.2. The largest absolute Gasteiger partial charge is 0.479 e. The van der Waals surface area contributed by atoms with E-state index in [1.54, 1.807) is 0 Å². The summed E-state index contributed by atoms with van der Waals surface area (Å²) in [5.41, 5.74) is -2.69. The maximum atomic E-state index is 13.3. The maximum absolute atomic E-state index is 13.3. The van der Waals surface area contributed by atoms with E-state index in [1.165, 1.54) is 6.92 Å². The van der Waals surface area contributed by atoms with Gasteiger partial charge in [-0.25, -0.2) is 48.9 Å². The van der Waals surface area contributed by atoms with Crippen molar-refractivity contribution in [2.24, 2.45) is 0 Å². The molecular formula is C19H13F10NO4. The molecule has 2 aromatic carbocycles. The number of halogens is 10. The van der Waals surface area contributed by atoms with Gasteiger partial charge in [-0.15, -0.1) is 0 Å². The lowest BCUT2D eigenvalue weighted by Crippen LogP contribution is -2.09. The second-order valence-corrected chi connectivity index (χ2v) is 6.01. The molecule has 1 heterocycles. The molecule has 1 atom stereocenters. The Kier molecular flexibility index (Phi) is 9.45. The molecule has 0 radical (unpaired) electrons. The number of aromatic nitrogens is 1. The van der Waals surface area contributed by atoms with E-state index >= 15 is 0 Å². The van der Waals surface area contributed by atoms with Gasteiger partial charge in [-0.05, 0) is 13.8 Å². The summed E-state index contributed by atoms with van der Waals surface area (Å²) in [5, 5.41) is 24.8. The van der Waals surface area contributed by atoms with Crippen molar-refractivity contribution in [2.45, 2.75) is 20.0 Å². The second kappa shape index (κ2) is 11.2. The van der Waals surface area contributed by atoms with Crippen LogP contribution in [0.1, 0.15) is 24.3 Å². The van der Waals surface area contributed by atoms with Crippen LogP contribution in [-0.4, -0.2) is 27.4 Å². The highest BCUT2D eigenvalue weighted by Crippen LogP contribution is 2.33. The number of benzene rings is 2. The Hall–Kier alpha value is -3.33. The average Bonchev–Trinajstić information content (AvgIpc) is 3.13. The Morgan fingerprint density at radius 2 is 0.971 bits per heavy atom. The molecule has 0 spiro atoms. The maximum Gasteiger partial charge on any atom is 0.306 e. The molecule has 0 amide bonds. The Bertz CT molecular complexity index is 1120. The van der Waals surface area contributed by atoms with Gasteiger partial charge >= 0.3 is 5.95 Å². The summed E-state index contributed by atoms with van der Waals surface area (Å²) >= 11 is 0. The lowest BCUT2D eigenvalue weighted by atomic mass is 10.1. The monoisotopic (exact) mass is 509 g/mol. The van der Waals surface area contributed by atoms with E-state index in [-0.39, 0.29) is 5.69 Å². The summed E-state index contributed by atoms with van der Waals surface area (Å²) < 4.78 is 133. The quantitative estimate of drug-likeness (QED) is 0.255. The average molecular weight is 509 g/mol. The lowest BCUT2D eigenvalue weighted by molar-refractivity contribution is 0.183. The van der Waals surface area contributed by atoms with Crippen LogP contribution in [0.2, 0.25) is 0 Å². The molecule has 15 heteroatoms. The summed E-state index contributed by atoms with van der Waals surface area (Å²) in [7, 11) is 1.00. The van der Waals surface area contributed by atoms with Crippen molar-refractivity contribution in [1.29, 1.82) is 0 Å². The molecule has 3 aromatic rings. The predicted molar refractivity (Wildman–Crippen MR) is 93.1 cm³/mol. The van der Waals surface area contributed by atoms with Gasteiger partial charge in [-0.1, -0.05) is 0 Å². The van der Waals surface area contributed by atoms with Gasteiger partial charge in [0, 0.05) is 7.11 Å². The van der Waals surface area contributed by atoms with E-state index in [4.69, 9.17) is 15.3 Å². The minimum atomic E-state index is -2.28. The molecular weight excluding hydrogens is 496 g/mol. The highest BCUT2D eigenvalue weighted by Gasteiger charge is 2.30. The van der Waals surface area contributed by atoms with Crippen LogP contribution in [-0.2, 0) is 0 Å². The third kappa shape index (κ3) is 5.25. The second-order valence-electron chi connectivity index (χ2n) is 6.01. The number of nitrogens with zero attached hydrogens (tertiary/aromatic N) is 1. The van der Waals surface area contributed by atoms with Gasteiger partial charge in [0.15, 0.2) is 46.5 Å². The first-order valence-corrected chi connectivity index (χ1v) is 8.54. The SMILES string of the molecule is CC(O)c1c(F)c(F)c(F)c(F)c1F.CO.Cc1nc(-c2c(F)c(F)c(F)c(F)c2F)oc1O. The molecule has 0 bridgehead atoms. The summed E-state index contributed by atoms with van der Waals surface area (Å²) in [6, 6.07) is 0. The third-order valence-corrected chi connectivity index (χ3v) is 3.86. The van der Waals surface area contributed by atoms with Gasteiger partial charge < -0.3 is 19.7 Å². The zero-order valence-electron chi connectivity index (χ0n) is 17.1. The summed E-state index contributed by atoms with van der Waals surface area (Å²) in [5.74, 6) is -22.7. The predicted octanol–water partition coefficient (Wildman–Crippen LogP) is 5.10. The molecule has 0 saturated heterocycles. The molecule has 0 aliphatic heterocycles. The van der Waals surface area contributed by atoms with Crippen molar-refractivity contribution in [3.05, 3.63) is 69.4 Å². The van der Waals surface area contributed by atoms with Gasteiger partial charge in [0.25, 0.3) is 0 Å². The fraction of sp³-hybridized carbons (Fsp3) is 0.211. The molecule has 34 heavy (non-hydrogen) atoms. The summed E-state index contributed by atoms with van der Waals surface area (Å²) in [4.78, 5) is 3.36. The molecule has 3 rings (SSSR count). The van der Waals surface area contributed by atoms with E-state index < -0.39 is 87.2 Å². The topological polar surface area (TPSA) is 86.7 Å². The van der Waals surface area contributed by atoms with E-state index in [1.807, 2.05) is 0 Å². The first-order chi connectivity index (χ1) is 15.7. The van der Waals surface area contributed by atoms with Crippen molar-refractivity contribution < 1.29 is 63.6 Å². The van der Waals surface area contributed by atoms with Gasteiger partial charge in [0.05, 0.1) is 11.7 Å². The molecule has 0 aliphatic rings. The Labute approximate surface area is 183 Å². The molecule has 0 fully saturated rings. The number of aliphatic hydroxyl groups is 2. The van der Waals surface area contributed by atoms with Crippen molar-refractivity contribution >= 4 is 0 Å². The fourth-order valence-electron chi connectivity index (χ4n) is 2.28. The third-order valence-electron chi connectivity index (χ3n) is 3.86. The Morgan fingerprint density at radius 1 is 0.647 bits per heavy atom. The van der Waals surface area contributed by atoms with E-state index in [0.717, 1.165) is 14.0 Å². The lowest BCUT2D eigenvalue weighted by Gasteiger charge is -2.09. The highest BCUT2D eigenvalue weighted by molar-refractivity contribution is 5.57. The zero-order chi connectivity index (χ0) is 26.7. The van der Waals surface area contributed by atoms with Gasteiger partial charge in [-0.2, -0.15) is 0 Å². The van der Waals surface area contributed by atoms with Crippen LogP contribution in [0, 0.1) is 65.1 Å². The van der Waals surface area contributed by atoms with Crippen LogP contribution >= 0.6 is 0 Å². The van der Waals surface area contributed by atoms with Crippen LogP contribution in [0.3, 0.4) is 0 Å². The minimum Gasteiger partial charge on any atom is -0.479 e. The summed E-state index contributed by atoms with van der Waals surface area (Å²) in [6.07, 6.45) is -1.76. The van der Waals surface area contributed by atoms with Crippen LogP contribution < -0.4 is 0 Å². The van der Waals surface area contributed by atoms with Crippen molar-refractivity contribution in [3.63, 3.8) is 0 Å². The molecule has 1 aromatic heterocycles. The van der Waals surface area contributed by atoms with Gasteiger partial charge in [0.2, 0.25) is 17.5 Å². The molecule has 5 nitrogen and oxygen atoms in total. The number of hydrogen-bond donors (Lipinski definition) is 3. The number of oxazole rings is 1. The van der Waals surface area contributed by atoms with E-state index in [9.17, 15) is 43.9 Å². The van der Waals surface area contributed by atoms with E-state index in [2.05, 4.69) is 9.40 Å². The van der Waals surface area contributed by atoms with Crippen LogP contribution in [0.15, 0.2) is 4.42 Å². The smallest absolute Gasteiger partial charge is 0.306 e. The number of aromatic hydroxyl groups is 1. The molecule has 0 aliphatic carbocycles. The van der Waals surface area contributed by atoms with Crippen molar-refractivity contribution in [3.8, 4) is 17.4 Å². The molecule has 0 saturated carbocycles. The van der Waals surface area contributed by atoms with Crippen LogP contribution in [0.4, 0.5) is 43.9 Å². The molecule has 3 N–H and O–H groups in total. The van der Waals surface area contributed by atoms with Gasteiger partial charge in [-0.3, -0.25) is 0 Å². The fourth-order valence-corrected chi connectivity index (χ4v) is 2.28. The van der Waals surface area contributed by atoms with Crippen LogP contribution in [0.5, 0.6) is 5.95 Å². The number of hydrogen-bond acceptors (Lipinski definition) is 5. The zero-order valence-corrected chi connectivity index (χ0v) is 17.1. The number of aliphatic hydroxyl groups excluding tert-OH is 2. The number of rotatable bonds is 2. The van der Waals surface area contributed by atoms with Crippen molar-refractivity contribution in [1.82, 2.24) is 4.98 Å². The van der Waals surface area contributed by atoms with Crippen molar-refractivity contribution in [2.75, 3.05) is 7.11 Å². The standard InChI is InChI=1S/C10H4F5NO2.C8H5F5O.CH4O/c1-2-10(17)18-9(16-2)3-4(11)6(13)8(15)7(14)5(3)12;1-2(14)3-4(9)6(11)8(13)7(12)5(3)10;1-2/h17H,1H3;2,14H,1H3;2H,1H3. The van der Waals surface area contributed by atoms with E-state index in [0.29, 0.717) is 0 Å². The number of aryl methyl sites for hydroxylation is 1. The summed E-state index contributed by atoms with van der Waals surface area (Å²) in [6.45, 7) is 2.13. The van der Waals surface area contributed by atoms with Crippen LogP contribution in [0.25, 0.3) is 11.5 Å². The first kappa shape index (κ1) is 28.7.